The number of hydrogen-bond donors (Lipinski definition) is 1. The molecule has 1 unspecified atom stereocenters. The van der Waals surface area contributed by atoms with Crippen molar-refractivity contribution in [1.29, 1.82) is 0 Å². The summed E-state index contributed by atoms with van der Waals surface area (Å²) in [7, 11) is 0. The Kier molecular flexibility index (Phi) is 4.30. The third-order valence-electron chi connectivity index (χ3n) is 4.39. The van der Waals surface area contributed by atoms with Gasteiger partial charge in [-0.3, -0.25) is 4.90 Å². The van der Waals surface area contributed by atoms with Gasteiger partial charge in [-0.25, -0.2) is 4.79 Å². The molecule has 3 rings (SSSR count). The molecule has 118 valence electrons. The molecule has 0 amide bonds. The maximum atomic E-state index is 11.2. The van der Waals surface area contributed by atoms with Gasteiger partial charge in [0.25, 0.3) is 0 Å². The molecule has 1 fully saturated rings. The monoisotopic (exact) mass is 339 g/mol. The first-order valence-electron chi connectivity index (χ1n) is 7.25. The Morgan fingerprint density at radius 2 is 2.41 bits per heavy atom. The van der Waals surface area contributed by atoms with E-state index in [4.69, 9.17) is 16.0 Å². The molecule has 0 spiro atoms. The van der Waals surface area contributed by atoms with Crippen LogP contribution in [-0.2, 0) is 13.0 Å². The van der Waals surface area contributed by atoms with Gasteiger partial charge in [0.15, 0.2) is 0 Å². The SMILES string of the molecule is CC1(Cc2cc(Cl)cs2)CCCN1Cc1ccoc1C(=O)O. The lowest BCUT2D eigenvalue weighted by Crippen LogP contribution is -2.42. The van der Waals surface area contributed by atoms with Crippen LogP contribution in [0.1, 0.15) is 40.8 Å². The highest BCUT2D eigenvalue weighted by Gasteiger charge is 2.37. The highest BCUT2D eigenvalue weighted by Crippen LogP contribution is 2.36. The molecule has 1 atom stereocenters. The van der Waals surface area contributed by atoms with Gasteiger partial charge in [0.2, 0.25) is 5.76 Å². The highest BCUT2D eigenvalue weighted by molar-refractivity contribution is 7.10. The third-order valence-corrected chi connectivity index (χ3v) is 5.67. The van der Waals surface area contributed by atoms with Crippen LogP contribution in [-0.4, -0.2) is 28.1 Å². The van der Waals surface area contributed by atoms with Gasteiger partial charge >= 0.3 is 5.97 Å². The number of carbonyl (C=O) groups is 1. The molecule has 2 aromatic heterocycles. The molecule has 1 aliphatic heterocycles. The van der Waals surface area contributed by atoms with Crippen LogP contribution in [0.3, 0.4) is 0 Å². The summed E-state index contributed by atoms with van der Waals surface area (Å²) in [5.41, 5.74) is 0.770. The Balaban J connectivity index is 1.77. The minimum Gasteiger partial charge on any atom is -0.475 e. The molecular formula is C16H18ClNO3S. The van der Waals surface area contributed by atoms with Crippen molar-refractivity contribution in [2.75, 3.05) is 6.54 Å². The molecule has 22 heavy (non-hydrogen) atoms. The first-order chi connectivity index (χ1) is 10.5. The number of carboxylic acid groups (broad SMARTS) is 1. The number of halogens is 1. The average Bonchev–Trinajstić information content (AvgIpc) is 3.13. The van der Waals surface area contributed by atoms with Crippen LogP contribution in [0.4, 0.5) is 0 Å². The molecular weight excluding hydrogens is 322 g/mol. The second kappa shape index (κ2) is 6.07. The van der Waals surface area contributed by atoms with E-state index < -0.39 is 5.97 Å². The van der Waals surface area contributed by atoms with E-state index in [-0.39, 0.29) is 11.3 Å². The zero-order valence-electron chi connectivity index (χ0n) is 12.3. The van der Waals surface area contributed by atoms with E-state index in [9.17, 15) is 9.90 Å². The molecule has 0 aromatic carbocycles. The van der Waals surface area contributed by atoms with E-state index in [0.717, 1.165) is 36.4 Å². The van der Waals surface area contributed by atoms with Crippen molar-refractivity contribution >= 4 is 28.9 Å². The minimum atomic E-state index is -1.01. The Morgan fingerprint density at radius 3 is 3.09 bits per heavy atom. The fraction of sp³-hybridized carbons (Fsp3) is 0.438. The molecule has 1 saturated heterocycles. The van der Waals surface area contributed by atoms with Crippen LogP contribution in [0.15, 0.2) is 28.2 Å². The highest BCUT2D eigenvalue weighted by atomic mass is 35.5. The van der Waals surface area contributed by atoms with Crippen molar-refractivity contribution in [3.63, 3.8) is 0 Å². The van der Waals surface area contributed by atoms with E-state index in [1.54, 1.807) is 17.4 Å². The number of rotatable bonds is 5. The van der Waals surface area contributed by atoms with Crippen LogP contribution in [0.5, 0.6) is 0 Å². The van der Waals surface area contributed by atoms with Gasteiger partial charge < -0.3 is 9.52 Å². The molecule has 0 bridgehead atoms. The smallest absolute Gasteiger partial charge is 0.372 e. The molecule has 1 aliphatic rings. The number of carboxylic acids is 1. The van der Waals surface area contributed by atoms with Gasteiger partial charge in [-0.2, -0.15) is 0 Å². The summed E-state index contributed by atoms with van der Waals surface area (Å²) in [6, 6.07) is 3.78. The minimum absolute atomic E-state index is 0.0290. The van der Waals surface area contributed by atoms with Crippen LogP contribution >= 0.6 is 22.9 Å². The molecule has 4 nitrogen and oxygen atoms in total. The first-order valence-corrected chi connectivity index (χ1v) is 8.51. The van der Waals surface area contributed by atoms with Crippen molar-refractivity contribution in [1.82, 2.24) is 4.90 Å². The van der Waals surface area contributed by atoms with Crippen LogP contribution in [0, 0.1) is 0 Å². The third kappa shape index (κ3) is 3.07. The summed E-state index contributed by atoms with van der Waals surface area (Å²) in [4.78, 5) is 14.8. The average molecular weight is 340 g/mol. The predicted octanol–water partition coefficient (Wildman–Crippen LogP) is 4.29. The van der Waals surface area contributed by atoms with Crippen molar-refractivity contribution in [3.8, 4) is 0 Å². The summed E-state index contributed by atoms with van der Waals surface area (Å²) in [5.74, 6) is -0.959. The van der Waals surface area contributed by atoms with Crippen LogP contribution in [0.25, 0.3) is 0 Å². The number of likely N-dealkylation sites (tertiary alicyclic amines) is 1. The lowest BCUT2D eigenvalue weighted by molar-refractivity contribution is 0.0656. The first kappa shape index (κ1) is 15.6. The maximum Gasteiger partial charge on any atom is 0.372 e. The van der Waals surface area contributed by atoms with Crippen molar-refractivity contribution in [2.24, 2.45) is 0 Å². The molecule has 0 radical (unpaired) electrons. The lowest BCUT2D eigenvalue weighted by atomic mass is 9.93. The number of aromatic carboxylic acids is 1. The lowest BCUT2D eigenvalue weighted by Gasteiger charge is -2.35. The van der Waals surface area contributed by atoms with Gasteiger partial charge in [0, 0.05) is 27.9 Å². The largest absolute Gasteiger partial charge is 0.475 e. The zero-order chi connectivity index (χ0) is 15.7. The molecule has 6 heteroatoms. The Bertz CT molecular complexity index is 680. The molecule has 0 saturated carbocycles. The predicted molar refractivity (Wildman–Crippen MR) is 86.7 cm³/mol. The summed E-state index contributed by atoms with van der Waals surface area (Å²) in [6.07, 6.45) is 4.61. The zero-order valence-corrected chi connectivity index (χ0v) is 13.9. The quantitative estimate of drug-likeness (QED) is 0.882. The van der Waals surface area contributed by atoms with Crippen LogP contribution < -0.4 is 0 Å². The second-order valence-corrected chi connectivity index (χ2v) is 7.44. The summed E-state index contributed by atoms with van der Waals surface area (Å²) < 4.78 is 5.08. The number of hydrogen-bond acceptors (Lipinski definition) is 4. The van der Waals surface area contributed by atoms with Gasteiger partial charge in [0.05, 0.1) is 11.3 Å². The summed E-state index contributed by atoms with van der Waals surface area (Å²) in [6.45, 7) is 3.82. The topological polar surface area (TPSA) is 53.7 Å². The number of thiophene rings is 1. The van der Waals surface area contributed by atoms with Gasteiger partial charge in [-0.1, -0.05) is 11.6 Å². The standard InChI is InChI=1S/C16H18ClNO3S/c1-16(8-13-7-12(17)10-22-13)4-2-5-18(16)9-11-3-6-21-14(11)15(19)20/h3,6-7,10H,2,4-5,8-9H2,1H3,(H,19,20). The molecule has 2 aromatic rings. The van der Waals surface area contributed by atoms with E-state index in [1.807, 2.05) is 11.4 Å². The van der Waals surface area contributed by atoms with E-state index in [0.29, 0.717) is 6.54 Å². The second-order valence-electron chi connectivity index (χ2n) is 6.01. The fourth-order valence-electron chi connectivity index (χ4n) is 3.22. The summed E-state index contributed by atoms with van der Waals surface area (Å²) >= 11 is 7.70. The molecule has 1 N–H and O–H groups in total. The van der Waals surface area contributed by atoms with Crippen molar-refractivity contribution in [2.45, 2.75) is 38.3 Å². The van der Waals surface area contributed by atoms with E-state index in [2.05, 4.69) is 11.8 Å². The normalized spacial score (nSPS) is 22.3. The van der Waals surface area contributed by atoms with Gasteiger partial charge in [-0.15, -0.1) is 11.3 Å². The number of furan rings is 1. The van der Waals surface area contributed by atoms with Gasteiger partial charge in [-0.05, 0) is 44.9 Å². The molecule has 3 heterocycles. The Morgan fingerprint density at radius 1 is 1.59 bits per heavy atom. The number of nitrogens with zero attached hydrogens (tertiary/aromatic N) is 1. The van der Waals surface area contributed by atoms with E-state index in [1.165, 1.54) is 11.1 Å². The van der Waals surface area contributed by atoms with Gasteiger partial charge in [0.1, 0.15) is 0 Å². The van der Waals surface area contributed by atoms with Crippen molar-refractivity contribution < 1.29 is 14.3 Å². The fourth-order valence-corrected chi connectivity index (χ4v) is 4.48. The Hall–Kier alpha value is -1.30. The van der Waals surface area contributed by atoms with Crippen molar-refractivity contribution in [3.05, 3.63) is 45.0 Å². The van der Waals surface area contributed by atoms with E-state index >= 15 is 0 Å². The maximum absolute atomic E-state index is 11.2. The summed E-state index contributed by atoms with van der Waals surface area (Å²) in [5, 5.41) is 11.9. The molecule has 0 aliphatic carbocycles. The Labute approximate surface area is 138 Å². The van der Waals surface area contributed by atoms with Crippen LogP contribution in [0.2, 0.25) is 5.02 Å².